The van der Waals surface area contributed by atoms with Crippen LogP contribution >= 0.6 is 0 Å². The summed E-state index contributed by atoms with van der Waals surface area (Å²) in [6, 6.07) is 16.0. The highest BCUT2D eigenvalue weighted by Gasteiger charge is 2.54. The molecule has 4 nitrogen and oxygen atoms in total. The number of rotatable bonds is 4. The predicted octanol–water partition coefficient (Wildman–Crippen LogP) is 0.961. The number of hydrogen-bond donors (Lipinski definition) is 0. The van der Waals surface area contributed by atoms with E-state index in [-0.39, 0.29) is 11.6 Å². The highest BCUT2D eigenvalue weighted by Crippen LogP contribution is 2.40. The van der Waals surface area contributed by atoms with E-state index in [1.165, 1.54) is 14.2 Å². The Balaban J connectivity index is 1.71. The summed E-state index contributed by atoms with van der Waals surface area (Å²) in [7, 11) is -0.586. The van der Waals surface area contributed by atoms with Crippen LogP contribution in [0, 0.1) is 0 Å². The van der Waals surface area contributed by atoms with Gasteiger partial charge in [-0.25, -0.2) is 0 Å². The molecule has 160 valence electrons. The summed E-state index contributed by atoms with van der Waals surface area (Å²) in [6.07, 6.45) is 10.8. The number of benzene rings is 2. The van der Waals surface area contributed by atoms with E-state index in [2.05, 4.69) is 0 Å². The van der Waals surface area contributed by atoms with E-state index >= 15 is 0 Å². The van der Waals surface area contributed by atoms with Crippen molar-refractivity contribution in [3.8, 4) is 0 Å². The van der Waals surface area contributed by atoms with Gasteiger partial charge in [0.1, 0.15) is 0 Å². The molecule has 6 rings (SSSR count). The molecule has 0 heterocycles. The van der Waals surface area contributed by atoms with E-state index in [4.69, 9.17) is 8.85 Å². The van der Waals surface area contributed by atoms with Crippen LogP contribution in [-0.2, 0) is 18.4 Å². The van der Waals surface area contributed by atoms with Crippen molar-refractivity contribution in [1.29, 1.82) is 0 Å². The van der Waals surface area contributed by atoms with Gasteiger partial charge in [-0.1, -0.05) is 48.5 Å². The van der Waals surface area contributed by atoms with E-state index in [0.29, 0.717) is 10.4 Å². The number of allylic oxidation sites excluding steroid dienone is 8. The van der Waals surface area contributed by atoms with Crippen molar-refractivity contribution >= 4 is 43.4 Å². The van der Waals surface area contributed by atoms with Crippen LogP contribution in [0.25, 0.3) is 23.3 Å². The lowest BCUT2D eigenvalue weighted by molar-refractivity contribution is -0.111. The Morgan fingerprint density at radius 2 is 1.00 bits per heavy atom. The first-order valence-electron chi connectivity index (χ1n) is 10.8. The van der Waals surface area contributed by atoms with Gasteiger partial charge in [0.15, 0.2) is 11.6 Å². The monoisotopic (exact) mass is 448 g/mol. The van der Waals surface area contributed by atoms with Gasteiger partial charge in [-0.05, 0) is 79.6 Å². The summed E-state index contributed by atoms with van der Waals surface area (Å²) in [5, 5.41) is 5.10. The van der Waals surface area contributed by atoms with Gasteiger partial charge in [0.05, 0.1) is 10.4 Å². The molecule has 33 heavy (non-hydrogen) atoms. The van der Waals surface area contributed by atoms with Crippen LogP contribution in [0.5, 0.6) is 0 Å². The molecule has 0 radical (unpaired) electrons. The number of hydrogen-bond acceptors (Lipinski definition) is 4. The van der Waals surface area contributed by atoms with E-state index in [1.54, 1.807) is 12.2 Å². The van der Waals surface area contributed by atoms with Crippen LogP contribution < -0.4 is 20.9 Å². The third-order valence-electron chi connectivity index (χ3n) is 6.75. The zero-order valence-electron chi connectivity index (χ0n) is 18.2. The maximum atomic E-state index is 13.4. The van der Waals surface area contributed by atoms with E-state index < -0.39 is 8.56 Å². The van der Waals surface area contributed by atoms with Crippen molar-refractivity contribution < 1.29 is 18.4 Å². The number of fused-ring (bicyclic) bond motifs is 4. The molecule has 0 aromatic heterocycles. The number of ketones is 2. The SMILES string of the molecule is CO[Si](OC)(C1=C2C=c3ccccc3=C2C=CC1=O)C1=C2C=c3ccccc3=C2C=CC1=O. The summed E-state index contributed by atoms with van der Waals surface area (Å²) in [5.41, 5.74) is 3.48. The van der Waals surface area contributed by atoms with Crippen LogP contribution in [0.3, 0.4) is 0 Å². The predicted molar refractivity (Wildman–Crippen MR) is 129 cm³/mol. The maximum absolute atomic E-state index is 13.4. The molecular formula is C28H20O4Si. The maximum Gasteiger partial charge on any atom is 0.415 e. The minimum absolute atomic E-state index is 0.180. The molecule has 4 aliphatic carbocycles. The average Bonchev–Trinajstić information content (AvgIpc) is 3.40. The normalized spacial score (nSPS) is 18.2. The summed E-state index contributed by atoms with van der Waals surface area (Å²) in [4.78, 5) is 26.9. The number of carbonyl (C=O) groups is 2. The lowest BCUT2D eigenvalue weighted by atomic mass is 10.00. The Hall–Kier alpha value is -3.64. The van der Waals surface area contributed by atoms with Gasteiger partial charge in [-0.2, -0.15) is 0 Å². The van der Waals surface area contributed by atoms with Gasteiger partial charge in [0, 0.05) is 14.2 Å². The topological polar surface area (TPSA) is 52.6 Å². The first-order chi connectivity index (χ1) is 16.1. The minimum atomic E-state index is -3.66. The summed E-state index contributed by atoms with van der Waals surface area (Å²) >= 11 is 0. The first-order valence-corrected chi connectivity index (χ1v) is 12.6. The molecule has 2 aromatic carbocycles. The van der Waals surface area contributed by atoms with Crippen LogP contribution in [0.2, 0.25) is 0 Å². The van der Waals surface area contributed by atoms with Crippen LogP contribution in [0.4, 0.5) is 0 Å². The highest BCUT2D eigenvalue weighted by molar-refractivity contribution is 6.91. The highest BCUT2D eigenvalue weighted by atomic mass is 28.4. The average molecular weight is 449 g/mol. The Labute approximate surface area is 191 Å². The standard InChI is InChI=1S/C28H20O4Si/c1-31-33(32-2,27-23-15-17-7-3-5-9-19(17)21(23)11-13-25(27)29)28-24-16-18-8-4-6-10-20(18)22(24)12-14-26(28)30/h3-16H,1-2H3. The fourth-order valence-corrected chi connectivity index (χ4v) is 8.48. The van der Waals surface area contributed by atoms with Gasteiger partial charge in [-0.3, -0.25) is 9.59 Å². The van der Waals surface area contributed by atoms with Gasteiger partial charge >= 0.3 is 8.56 Å². The molecule has 0 N–H and O–H groups in total. The van der Waals surface area contributed by atoms with Crippen molar-refractivity contribution in [2.75, 3.05) is 14.2 Å². The van der Waals surface area contributed by atoms with E-state index in [0.717, 1.165) is 43.2 Å². The first kappa shape index (κ1) is 20.0. The minimum Gasteiger partial charge on any atom is -0.391 e. The molecule has 0 unspecified atom stereocenters. The molecule has 0 saturated heterocycles. The van der Waals surface area contributed by atoms with Crippen molar-refractivity contribution in [2.45, 2.75) is 0 Å². The Morgan fingerprint density at radius 1 is 0.576 bits per heavy atom. The third kappa shape index (κ3) is 2.64. The second kappa shape index (κ2) is 7.18. The molecular weight excluding hydrogens is 428 g/mol. The zero-order chi connectivity index (χ0) is 22.7. The van der Waals surface area contributed by atoms with Crippen LogP contribution in [-0.4, -0.2) is 34.3 Å². The van der Waals surface area contributed by atoms with Crippen LogP contribution in [0.15, 0.2) is 94.4 Å². The van der Waals surface area contributed by atoms with Crippen molar-refractivity contribution in [3.05, 3.63) is 115 Å². The van der Waals surface area contributed by atoms with Gasteiger partial charge < -0.3 is 8.85 Å². The lowest BCUT2D eigenvalue weighted by Gasteiger charge is -2.34. The zero-order valence-corrected chi connectivity index (χ0v) is 19.2. The fourth-order valence-electron chi connectivity index (χ4n) is 5.31. The smallest absolute Gasteiger partial charge is 0.391 e. The van der Waals surface area contributed by atoms with E-state index in [9.17, 15) is 9.59 Å². The van der Waals surface area contributed by atoms with Gasteiger partial charge in [-0.15, -0.1) is 0 Å². The fraction of sp³-hybridized carbons (Fsp3) is 0.0714. The van der Waals surface area contributed by atoms with Crippen LogP contribution in [0.1, 0.15) is 0 Å². The van der Waals surface area contributed by atoms with E-state index in [1.807, 2.05) is 72.8 Å². The summed E-state index contributed by atoms with van der Waals surface area (Å²) < 4.78 is 12.3. The molecule has 0 fully saturated rings. The van der Waals surface area contributed by atoms with Crippen molar-refractivity contribution in [1.82, 2.24) is 0 Å². The molecule has 2 aromatic rings. The molecule has 5 heteroatoms. The molecule has 0 bridgehead atoms. The Morgan fingerprint density at radius 3 is 1.42 bits per heavy atom. The van der Waals surface area contributed by atoms with Gasteiger partial charge in [0.25, 0.3) is 0 Å². The molecule has 0 amide bonds. The quantitative estimate of drug-likeness (QED) is 0.654. The largest absolute Gasteiger partial charge is 0.415 e. The number of carbonyl (C=O) groups excluding carboxylic acids is 2. The Bertz CT molecular complexity index is 1540. The van der Waals surface area contributed by atoms with Gasteiger partial charge in [0.2, 0.25) is 0 Å². The lowest BCUT2D eigenvalue weighted by Crippen LogP contribution is -2.51. The molecule has 0 aliphatic heterocycles. The molecule has 4 aliphatic rings. The third-order valence-corrected chi connectivity index (χ3v) is 10.2. The molecule has 0 spiro atoms. The second-order valence-corrected chi connectivity index (χ2v) is 11.3. The Kier molecular flexibility index (Phi) is 4.35. The second-order valence-electron chi connectivity index (χ2n) is 8.29. The molecule has 0 atom stereocenters. The summed E-state index contributed by atoms with van der Waals surface area (Å²) in [5.74, 6) is -0.360. The van der Waals surface area contributed by atoms with Crippen molar-refractivity contribution in [2.24, 2.45) is 0 Å². The van der Waals surface area contributed by atoms with Crippen molar-refractivity contribution in [3.63, 3.8) is 0 Å². The summed E-state index contributed by atoms with van der Waals surface area (Å²) in [6.45, 7) is 0. The molecule has 0 saturated carbocycles.